The molecule has 76 valence electrons. The number of nitrogens with one attached hydrogen (secondary N) is 1. The topological polar surface area (TPSA) is 90.4 Å². The van der Waals surface area contributed by atoms with Crippen LogP contribution in [0, 0.1) is 0 Å². The van der Waals surface area contributed by atoms with Crippen molar-refractivity contribution in [1.82, 2.24) is 4.98 Å². The second-order valence-corrected chi connectivity index (χ2v) is 3.43. The average molecular weight is 215 g/mol. The Morgan fingerprint density at radius 3 is 1.71 bits per heavy atom. The summed E-state index contributed by atoms with van der Waals surface area (Å²) in [6.45, 7) is 0. The molecule has 0 radical (unpaired) electrons. The summed E-state index contributed by atoms with van der Waals surface area (Å²) in [6, 6.07) is 8.25. The van der Waals surface area contributed by atoms with Crippen LogP contribution in [0.25, 0.3) is 10.8 Å². The van der Waals surface area contributed by atoms with Crippen molar-refractivity contribution in [3.63, 3.8) is 0 Å². The van der Waals surface area contributed by atoms with Crippen molar-refractivity contribution in [3.8, 4) is 0 Å². The largest absolute Gasteiger partial charge is 0.394 e. The molecule has 2 rings (SSSR count). The fraction of sp³-hybridized carbons (Fsp3) is 0. The van der Waals surface area contributed by atoms with Gasteiger partial charge in [-0.05, 0) is 10.8 Å². The van der Waals surface area contributed by atoms with E-state index >= 15 is 0 Å². The van der Waals surface area contributed by atoms with Crippen LogP contribution in [0.3, 0.4) is 0 Å². The number of aromatic amines is 1. The first-order valence-corrected chi connectivity index (χ1v) is 5.08. The van der Waals surface area contributed by atoms with E-state index in [9.17, 15) is 0 Å². The third-order valence-electron chi connectivity index (χ3n) is 1.47. The second-order valence-electron chi connectivity index (χ2n) is 2.53. The first-order chi connectivity index (χ1) is 6.47. The Bertz CT molecular complexity index is 465. The lowest BCUT2D eigenvalue weighted by Gasteiger charge is -1.81. The number of H-pyrrole nitrogens is 1. The van der Waals surface area contributed by atoms with Gasteiger partial charge in [0.05, 0.1) is 0 Å². The highest BCUT2D eigenvalue weighted by Gasteiger charge is 1.87. The Balaban J connectivity index is 0.000000171. The van der Waals surface area contributed by atoms with Gasteiger partial charge in [0.15, 0.2) is 0 Å². The maximum absolute atomic E-state index is 8.74. The highest BCUT2D eigenvalue weighted by molar-refractivity contribution is 7.79. The zero-order chi connectivity index (χ0) is 10.6. The summed E-state index contributed by atoms with van der Waals surface area (Å²) in [7, 11) is -4.67. The number of benzene rings is 1. The molecule has 1 aromatic heterocycles. The molecule has 5 nitrogen and oxygen atoms in total. The molecule has 0 saturated carbocycles. The van der Waals surface area contributed by atoms with E-state index in [1.807, 2.05) is 24.5 Å². The second kappa shape index (κ2) is 4.23. The first-order valence-electron chi connectivity index (χ1n) is 3.68. The SMILES string of the molecule is O=S(=O)(O)O.c1ccc2c[nH]cc2c1. The van der Waals surface area contributed by atoms with Crippen molar-refractivity contribution in [1.29, 1.82) is 0 Å². The fourth-order valence-corrected chi connectivity index (χ4v) is 0.995. The normalized spacial score (nSPS) is 10.7. The number of hydrogen-bond acceptors (Lipinski definition) is 2. The van der Waals surface area contributed by atoms with Crippen molar-refractivity contribution in [3.05, 3.63) is 36.7 Å². The highest BCUT2D eigenvalue weighted by atomic mass is 32.3. The minimum Gasteiger partial charge on any atom is -0.366 e. The van der Waals surface area contributed by atoms with Crippen LogP contribution in [0.4, 0.5) is 0 Å². The average Bonchev–Trinajstić information content (AvgIpc) is 2.47. The molecule has 0 spiro atoms. The van der Waals surface area contributed by atoms with Crippen LogP contribution in [0.1, 0.15) is 0 Å². The quantitative estimate of drug-likeness (QED) is 0.581. The molecular weight excluding hydrogens is 206 g/mol. The van der Waals surface area contributed by atoms with Crippen LogP contribution < -0.4 is 0 Å². The Hall–Kier alpha value is -1.37. The summed E-state index contributed by atoms with van der Waals surface area (Å²) in [5.74, 6) is 0. The Morgan fingerprint density at radius 1 is 1.00 bits per heavy atom. The molecule has 0 bridgehead atoms. The van der Waals surface area contributed by atoms with Crippen molar-refractivity contribution in [2.75, 3.05) is 0 Å². The summed E-state index contributed by atoms with van der Waals surface area (Å²) in [5.41, 5.74) is 0. The van der Waals surface area contributed by atoms with Crippen molar-refractivity contribution in [2.45, 2.75) is 0 Å². The third-order valence-corrected chi connectivity index (χ3v) is 1.47. The zero-order valence-electron chi connectivity index (χ0n) is 7.08. The van der Waals surface area contributed by atoms with Gasteiger partial charge in [-0.25, -0.2) is 0 Å². The summed E-state index contributed by atoms with van der Waals surface area (Å²) < 4.78 is 31.6. The molecule has 0 aliphatic carbocycles. The summed E-state index contributed by atoms with van der Waals surface area (Å²) in [4.78, 5) is 3.04. The molecule has 0 amide bonds. The van der Waals surface area contributed by atoms with Crippen LogP contribution in [0.15, 0.2) is 36.7 Å². The summed E-state index contributed by atoms with van der Waals surface area (Å²) in [5, 5.41) is 2.55. The predicted molar refractivity (Wildman–Crippen MR) is 52.5 cm³/mol. The minimum atomic E-state index is -4.67. The molecule has 0 saturated heterocycles. The van der Waals surface area contributed by atoms with Gasteiger partial charge in [0.1, 0.15) is 0 Å². The van der Waals surface area contributed by atoms with E-state index in [-0.39, 0.29) is 0 Å². The van der Waals surface area contributed by atoms with Gasteiger partial charge in [-0.1, -0.05) is 24.3 Å². The van der Waals surface area contributed by atoms with Gasteiger partial charge in [0.2, 0.25) is 0 Å². The van der Waals surface area contributed by atoms with Gasteiger partial charge in [0, 0.05) is 12.4 Å². The summed E-state index contributed by atoms with van der Waals surface area (Å²) in [6.07, 6.45) is 3.99. The van der Waals surface area contributed by atoms with Crippen molar-refractivity contribution in [2.24, 2.45) is 0 Å². The molecule has 3 N–H and O–H groups in total. The molecular formula is C8H9NO4S. The Morgan fingerprint density at radius 2 is 1.36 bits per heavy atom. The van der Waals surface area contributed by atoms with E-state index in [0.29, 0.717) is 0 Å². The van der Waals surface area contributed by atoms with E-state index < -0.39 is 10.4 Å². The maximum atomic E-state index is 8.74. The smallest absolute Gasteiger partial charge is 0.366 e. The molecule has 0 fully saturated rings. The maximum Gasteiger partial charge on any atom is 0.394 e. The standard InChI is InChI=1S/C8H7N.H2O4S/c1-2-4-8-6-9-5-7(8)3-1;1-5(2,3)4/h1-6,9H;(H2,1,2,3,4). The van der Waals surface area contributed by atoms with Crippen LogP contribution in [0.5, 0.6) is 0 Å². The van der Waals surface area contributed by atoms with Gasteiger partial charge < -0.3 is 4.98 Å². The molecule has 14 heavy (non-hydrogen) atoms. The van der Waals surface area contributed by atoms with Gasteiger partial charge in [-0.15, -0.1) is 0 Å². The minimum absolute atomic E-state index is 1.28. The predicted octanol–water partition coefficient (Wildman–Crippen LogP) is 1.52. The molecule has 0 aliphatic heterocycles. The van der Waals surface area contributed by atoms with Crippen LogP contribution in [-0.2, 0) is 10.4 Å². The van der Waals surface area contributed by atoms with E-state index in [1.54, 1.807) is 0 Å². The molecule has 1 aromatic carbocycles. The van der Waals surface area contributed by atoms with E-state index in [4.69, 9.17) is 17.5 Å². The summed E-state index contributed by atoms with van der Waals surface area (Å²) >= 11 is 0. The van der Waals surface area contributed by atoms with Gasteiger partial charge >= 0.3 is 10.4 Å². The van der Waals surface area contributed by atoms with Gasteiger partial charge in [-0.2, -0.15) is 8.42 Å². The Kier molecular flexibility index (Phi) is 3.23. The van der Waals surface area contributed by atoms with Gasteiger partial charge in [-0.3, -0.25) is 9.11 Å². The lowest BCUT2D eigenvalue weighted by molar-refractivity contribution is 0.381. The number of hydrogen-bond donors (Lipinski definition) is 3. The number of aromatic nitrogens is 1. The molecule has 1 heterocycles. The molecule has 2 aromatic rings. The van der Waals surface area contributed by atoms with Crippen molar-refractivity contribution >= 4 is 21.2 Å². The first kappa shape index (κ1) is 10.7. The van der Waals surface area contributed by atoms with E-state index in [1.165, 1.54) is 10.8 Å². The number of rotatable bonds is 0. The molecule has 0 aliphatic rings. The lowest BCUT2D eigenvalue weighted by atomic mass is 10.2. The van der Waals surface area contributed by atoms with Crippen molar-refractivity contribution < 1.29 is 17.5 Å². The molecule has 0 atom stereocenters. The Labute approximate surface area is 81.0 Å². The monoisotopic (exact) mass is 215 g/mol. The molecule has 6 heteroatoms. The third kappa shape index (κ3) is 4.04. The zero-order valence-corrected chi connectivity index (χ0v) is 7.90. The van der Waals surface area contributed by atoms with Crippen LogP contribution in [0.2, 0.25) is 0 Å². The van der Waals surface area contributed by atoms with E-state index in [0.717, 1.165) is 0 Å². The number of fused-ring (bicyclic) bond motifs is 1. The molecule has 0 unspecified atom stereocenters. The van der Waals surface area contributed by atoms with Gasteiger partial charge in [0.25, 0.3) is 0 Å². The lowest BCUT2D eigenvalue weighted by Crippen LogP contribution is -1.89. The van der Waals surface area contributed by atoms with Crippen LogP contribution in [-0.4, -0.2) is 22.5 Å². The van der Waals surface area contributed by atoms with Crippen LogP contribution >= 0.6 is 0 Å². The highest BCUT2D eigenvalue weighted by Crippen LogP contribution is 2.10. The fourth-order valence-electron chi connectivity index (χ4n) is 0.995. The van der Waals surface area contributed by atoms with E-state index in [2.05, 4.69) is 17.1 Å².